The third-order valence-corrected chi connectivity index (χ3v) is 4.99. The number of hydrogen-bond acceptors (Lipinski definition) is 3. The van der Waals surface area contributed by atoms with Gasteiger partial charge in [-0.25, -0.2) is 0 Å². The van der Waals surface area contributed by atoms with Crippen molar-refractivity contribution in [1.82, 2.24) is 9.88 Å². The first-order chi connectivity index (χ1) is 12.3. The van der Waals surface area contributed by atoms with Crippen molar-refractivity contribution >= 4 is 5.91 Å². The fourth-order valence-corrected chi connectivity index (χ4v) is 3.37. The van der Waals surface area contributed by atoms with Crippen LogP contribution in [0.15, 0.2) is 48.7 Å². The Bertz CT molecular complexity index is 704. The van der Waals surface area contributed by atoms with Gasteiger partial charge in [-0.05, 0) is 43.7 Å². The summed E-state index contributed by atoms with van der Waals surface area (Å²) in [6.45, 7) is 2.37. The second kappa shape index (κ2) is 7.36. The number of carbonyl (C=O) groups is 1. The predicted octanol–water partition coefficient (Wildman–Crippen LogP) is 3.78. The molecule has 1 saturated heterocycles. The third-order valence-electron chi connectivity index (χ3n) is 4.99. The lowest BCUT2D eigenvalue weighted by atomic mass is 10.1. The van der Waals surface area contributed by atoms with Gasteiger partial charge in [0.1, 0.15) is 0 Å². The van der Waals surface area contributed by atoms with Crippen LogP contribution in [-0.2, 0) is 4.74 Å². The zero-order valence-corrected chi connectivity index (χ0v) is 14.4. The van der Waals surface area contributed by atoms with E-state index in [0.29, 0.717) is 18.0 Å². The van der Waals surface area contributed by atoms with Gasteiger partial charge in [0, 0.05) is 31.5 Å². The molecule has 2 aromatic rings. The van der Waals surface area contributed by atoms with E-state index in [2.05, 4.69) is 4.98 Å². The molecule has 0 radical (unpaired) electrons. The van der Waals surface area contributed by atoms with Crippen LogP contribution >= 0.6 is 0 Å². The topological polar surface area (TPSA) is 42.4 Å². The van der Waals surface area contributed by atoms with Crippen LogP contribution in [0.4, 0.5) is 0 Å². The average molecular weight is 336 g/mol. The Labute approximate surface area is 148 Å². The molecule has 0 N–H and O–H groups in total. The minimum Gasteiger partial charge on any atom is -0.376 e. The number of ether oxygens (including phenoxy) is 1. The molecule has 4 rings (SSSR count). The summed E-state index contributed by atoms with van der Waals surface area (Å²) in [5.41, 5.74) is 2.62. The van der Waals surface area contributed by atoms with Crippen LogP contribution in [-0.4, -0.2) is 41.6 Å². The van der Waals surface area contributed by atoms with E-state index in [-0.39, 0.29) is 12.0 Å². The highest BCUT2D eigenvalue weighted by Gasteiger charge is 2.30. The van der Waals surface area contributed by atoms with E-state index >= 15 is 0 Å². The number of hydrogen-bond donors (Lipinski definition) is 0. The van der Waals surface area contributed by atoms with Gasteiger partial charge >= 0.3 is 0 Å². The van der Waals surface area contributed by atoms with Gasteiger partial charge in [-0.15, -0.1) is 0 Å². The Balaban J connectivity index is 1.48. The van der Waals surface area contributed by atoms with E-state index in [0.717, 1.165) is 37.3 Å². The molecule has 1 aromatic heterocycles. The minimum absolute atomic E-state index is 0.0783. The van der Waals surface area contributed by atoms with Crippen LogP contribution in [0.3, 0.4) is 0 Å². The summed E-state index contributed by atoms with van der Waals surface area (Å²) in [5.74, 6) is 0.747. The van der Waals surface area contributed by atoms with Gasteiger partial charge in [0.15, 0.2) is 0 Å². The quantitative estimate of drug-likeness (QED) is 0.806. The number of amides is 1. The van der Waals surface area contributed by atoms with Gasteiger partial charge in [0.2, 0.25) is 0 Å². The first-order valence-electron chi connectivity index (χ1n) is 9.22. The van der Waals surface area contributed by atoms with Crippen molar-refractivity contribution in [3.8, 4) is 11.3 Å². The number of nitrogens with zero attached hydrogens (tertiary/aromatic N) is 2. The van der Waals surface area contributed by atoms with Gasteiger partial charge in [0.05, 0.1) is 17.4 Å². The van der Waals surface area contributed by atoms with Crippen molar-refractivity contribution in [2.75, 3.05) is 19.7 Å². The van der Waals surface area contributed by atoms with Crippen LogP contribution in [0.25, 0.3) is 11.3 Å². The summed E-state index contributed by atoms with van der Waals surface area (Å²) in [5, 5.41) is 0. The summed E-state index contributed by atoms with van der Waals surface area (Å²) < 4.78 is 5.74. The maximum absolute atomic E-state index is 13.0. The Hall–Kier alpha value is -2.20. The Morgan fingerprint density at radius 2 is 1.92 bits per heavy atom. The zero-order valence-electron chi connectivity index (χ0n) is 14.4. The highest BCUT2D eigenvalue weighted by atomic mass is 16.5. The molecule has 0 spiro atoms. The van der Waals surface area contributed by atoms with Crippen LogP contribution < -0.4 is 0 Å². The van der Waals surface area contributed by atoms with Crippen molar-refractivity contribution < 1.29 is 9.53 Å². The molecular weight excluding hydrogens is 312 g/mol. The molecule has 1 unspecified atom stereocenters. The number of carbonyl (C=O) groups excluding carboxylic acids is 1. The molecule has 1 aromatic carbocycles. The Kier molecular flexibility index (Phi) is 4.79. The monoisotopic (exact) mass is 336 g/mol. The number of pyridine rings is 1. The highest BCUT2D eigenvalue weighted by molar-refractivity contribution is 5.94. The highest BCUT2D eigenvalue weighted by Crippen LogP contribution is 2.31. The van der Waals surface area contributed by atoms with E-state index in [4.69, 9.17) is 4.74 Å². The summed E-state index contributed by atoms with van der Waals surface area (Å²) in [6.07, 6.45) is 6.53. The number of rotatable bonds is 6. The molecule has 4 nitrogen and oxygen atoms in total. The van der Waals surface area contributed by atoms with Gasteiger partial charge in [-0.2, -0.15) is 0 Å². The Morgan fingerprint density at radius 1 is 1.08 bits per heavy atom. The van der Waals surface area contributed by atoms with Crippen LogP contribution in [0.5, 0.6) is 0 Å². The molecule has 130 valence electrons. The van der Waals surface area contributed by atoms with Crippen molar-refractivity contribution in [2.45, 2.75) is 31.8 Å². The largest absolute Gasteiger partial charge is 0.376 e. The zero-order chi connectivity index (χ0) is 17.1. The molecule has 1 amide bonds. The molecule has 1 atom stereocenters. The third kappa shape index (κ3) is 4.07. The summed E-state index contributed by atoms with van der Waals surface area (Å²) >= 11 is 0. The van der Waals surface area contributed by atoms with Crippen molar-refractivity contribution in [3.05, 3.63) is 54.2 Å². The fraction of sp³-hybridized carbons (Fsp3) is 0.429. The van der Waals surface area contributed by atoms with Crippen LogP contribution in [0.1, 0.15) is 36.0 Å². The molecule has 4 heteroatoms. The van der Waals surface area contributed by atoms with Crippen LogP contribution in [0.2, 0.25) is 0 Å². The molecule has 1 aliphatic heterocycles. The normalized spacial score (nSPS) is 19.8. The number of benzene rings is 1. The van der Waals surface area contributed by atoms with Crippen molar-refractivity contribution in [1.29, 1.82) is 0 Å². The lowest BCUT2D eigenvalue weighted by molar-refractivity contribution is 0.0514. The molecule has 2 heterocycles. The van der Waals surface area contributed by atoms with E-state index < -0.39 is 0 Å². The standard InChI is InChI=1S/C21H24N2O2/c24-21(23(14-16-8-9-16)15-19-7-4-12-25-19)18-10-11-20(22-13-18)17-5-2-1-3-6-17/h1-3,5-6,10-11,13,16,19H,4,7-9,12,14-15H2. The molecular formula is C21H24N2O2. The predicted molar refractivity (Wildman–Crippen MR) is 97.3 cm³/mol. The smallest absolute Gasteiger partial charge is 0.255 e. The maximum atomic E-state index is 13.0. The van der Waals surface area contributed by atoms with Gasteiger partial charge in [-0.1, -0.05) is 30.3 Å². The average Bonchev–Trinajstić information content (AvgIpc) is 3.34. The Morgan fingerprint density at radius 3 is 2.56 bits per heavy atom. The van der Waals surface area contributed by atoms with E-state index in [1.54, 1.807) is 6.20 Å². The van der Waals surface area contributed by atoms with Crippen molar-refractivity contribution in [2.24, 2.45) is 5.92 Å². The molecule has 0 bridgehead atoms. The fourth-order valence-electron chi connectivity index (χ4n) is 3.37. The summed E-state index contributed by atoms with van der Waals surface area (Å²) in [7, 11) is 0. The minimum atomic E-state index is 0.0783. The van der Waals surface area contributed by atoms with E-state index in [1.807, 2.05) is 47.4 Å². The van der Waals surface area contributed by atoms with E-state index in [9.17, 15) is 4.79 Å². The van der Waals surface area contributed by atoms with Gasteiger partial charge < -0.3 is 9.64 Å². The maximum Gasteiger partial charge on any atom is 0.255 e. The van der Waals surface area contributed by atoms with Gasteiger partial charge in [0.25, 0.3) is 5.91 Å². The molecule has 1 aliphatic carbocycles. The van der Waals surface area contributed by atoms with Crippen LogP contribution in [0, 0.1) is 5.92 Å². The van der Waals surface area contributed by atoms with Crippen molar-refractivity contribution in [3.63, 3.8) is 0 Å². The molecule has 2 aliphatic rings. The first-order valence-corrected chi connectivity index (χ1v) is 9.22. The number of aromatic nitrogens is 1. The molecule has 25 heavy (non-hydrogen) atoms. The summed E-state index contributed by atoms with van der Waals surface area (Å²) in [4.78, 5) is 19.5. The van der Waals surface area contributed by atoms with E-state index in [1.165, 1.54) is 12.8 Å². The lowest BCUT2D eigenvalue weighted by Gasteiger charge is -2.25. The molecule has 1 saturated carbocycles. The summed E-state index contributed by atoms with van der Waals surface area (Å²) in [6, 6.07) is 13.9. The second-order valence-corrected chi connectivity index (χ2v) is 7.09. The first kappa shape index (κ1) is 16.3. The lowest BCUT2D eigenvalue weighted by Crippen LogP contribution is -2.38. The van der Waals surface area contributed by atoms with Gasteiger partial charge in [-0.3, -0.25) is 9.78 Å². The molecule has 2 fully saturated rings. The SMILES string of the molecule is O=C(c1ccc(-c2ccccc2)nc1)N(CC1CC1)CC1CCCO1. The second-order valence-electron chi connectivity index (χ2n) is 7.09.